The Morgan fingerprint density at radius 2 is 2.04 bits per heavy atom. The third-order valence-electron chi connectivity index (χ3n) is 6.20. The van der Waals surface area contributed by atoms with Gasteiger partial charge in [0.2, 0.25) is 5.91 Å². The fourth-order valence-electron chi connectivity index (χ4n) is 4.60. The number of aromatic nitrogens is 3. The molecule has 146 valence electrons. The second-order valence-electron chi connectivity index (χ2n) is 8.16. The Morgan fingerprint density at radius 1 is 1.22 bits per heavy atom. The molecule has 6 heteroatoms. The number of likely N-dealkylation sites (tertiary alicyclic amines) is 1. The molecule has 2 aromatic heterocycles. The molecular weight excluding hydrogens is 338 g/mol. The first-order chi connectivity index (χ1) is 13.2. The van der Waals surface area contributed by atoms with Crippen molar-refractivity contribution in [3.05, 3.63) is 18.0 Å². The second kappa shape index (κ2) is 8.28. The molecule has 2 aliphatic rings. The number of H-pyrrole nitrogens is 1. The van der Waals surface area contributed by atoms with E-state index in [1.165, 1.54) is 38.5 Å². The zero-order valence-electron chi connectivity index (χ0n) is 16.3. The number of piperidine rings is 1. The normalized spacial score (nSPS) is 21.5. The molecule has 4 rings (SSSR count). The van der Waals surface area contributed by atoms with Crippen molar-refractivity contribution in [2.24, 2.45) is 0 Å². The van der Waals surface area contributed by atoms with Crippen LogP contribution in [0.3, 0.4) is 0 Å². The van der Waals surface area contributed by atoms with Crippen LogP contribution in [-0.2, 0) is 11.2 Å². The molecule has 0 radical (unpaired) electrons. The fraction of sp³-hybridized carbons (Fsp3) is 0.667. The topological polar surface area (TPSA) is 73.9 Å². The maximum atomic E-state index is 12.7. The van der Waals surface area contributed by atoms with Crippen molar-refractivity contribution < 1.29 is 4.79 Å². The summed E-state index contributed by atoms with van der Waals surface area (Å²) in [6, 6.07) is 2.83. The van der Waals surface area contributed by atoms with E-state index >= 15 is 0 Å². The van der Waals surface area contributed by atoms with E-state index in [-0.39, 0.29) is 5.91 Å². The summed E-state index contributed by atoms with van der Waals surface area (Å²) in [5, 5.41) is 12.3. The van der Waals surface area contributed by atoms with Gasteiger partial charge in [-0.05, 0) is 45.1 Å². The van der Waals surface area contributed by atoms with Gasteiger partial charge in [0.25, 0.3) is 0 Å². The number of rotatable bonds is 5. The lowest BCUT2D eigenvalue weighted by molar-refractivity contribution is -0.134. The Hall–Kier alpha value is -2.11. The van der Waals surface area contributed by atoms with E-state index in [2.05, 4.69) is 32.3 Å². The first kappa shape index (κ1) is 18.3. The molecule has 2 aromatic rings. The van der Waals surface area contributed by atoms with E-state index in [0.717, 1.165) is 41.8 Å². The minimum Gasteiger partial charge on any atom is -0.367 e. The van der Waals surface area contributed by atoms with Crippen molar-refractivity contribution in [3.63, 3.8) is 0 Å². The summed E-state index contributed by atoms with van der Waals surface area (Å²) in [7, 11) is 0. The number of anilines is 1. The van der Waals surface area contributed by atoms with Crippen LogP contribution in [0.2, 0.25) is 0 Å². The van der Waals surface area contributed by atoms with Gasteiger partial charge in [0.1, 0.15) is 5.82 Å². The number of carbonyl (C=O) groups is 1. The molecule has 0 bridgehead atoms. The second-order valence-corrected chi connectivity index (χ2v) is 8.16. The van der Waals surface area contributed by atoms with Crippen LogP contribution >= 0.6 is 0 Å². The Balaban J connectivity index is 1.47. The number of aromatic amines is 1. The average Bonchev–Trinajstić information content (AvgIpc) is 3.11. The zero-order chi connectivity index (χ0) is 18.6. The van der Waals surface area contributed by atoms with E-state index in [9.17, 15) is 4.79 Å². The van der Waals surface area contributed by atoms with Crippen molar-refractivity contribution in [1.82, 2.24) is 20.1 Å². The molecule has 1 unspecified atom stereocenters. The first-order valence-electron chi connectivity index (χ1n) is 10.6. The van der Waals surface area contributed by atoms with Crippen LogP contribution in [0.4, 0.5) is 5.82 Å². The van der Waals surface area contributed by atoms with Crippen molar-refractivity contribution in [1.29, 1.82) is 0 Å². The van der Waals surface area contributed by atoms with Crippen molar-refractivity contribution in [2.45, 2.75) is 83.2 Å². The molecule has 1 aliphatic heterocycles. The van der Waals surface area contributed by atoms with E-state index in [0.29, 0.717) is 24.9 Å². The molecule has 1 saturated heterocycles. The number of hydrogen-bond acceptors (Lipinski definition) is 4. The number of carbonyl (C=O) groups excluding carboxylic acids is 1. The van der Waals surface area contributed by atoms with Gasteiger partial charge in [-0.15, -0.1) is 0 Å². The Kier molecular flexibility index (Phi) is 5.60. The molecule has 3 heterocycles. The lowest BCUT2D eigenvalue weighted by Gasteiger charge is -2.33. The first-order valence-corrected chi connectivity index (χ1v) is 10.6. The lowest BCUT2D eigenvalue weighted by Crippen LogP contribution is -2.42. The predicted molar refractivity (Wildman–Crippen MR) is 108 cm³/mol. The van der Waals surface area contributed by atoms with Crippen LogP contribution in [0.25, 0.3) is 10.9 Å². The number of pyridine rings is 1. The summed E-state index contributed by atoms with van der Waals surface area (Å²) >= 11 is 0. The van der Waals surface area contributed by atoms with Gasteiger partial charge in [-0.3, -0.25) is 9.89 Å². The van der Waals surface area contributed by atoms with Gasteiger partial charge in [-0.2, -0.15) is 5.10 Å². The summed E-state index contributed by atoms with van der Waals surface area (Å²) in [6.45, 7) is 3.06. The maximum absolute atomic E-state index is 12.7. The van der Waals surface area contributed by atoms with Gasteiger partial charge in [0, 0.05) is 37.7 Å². The number of nitrogens with zero attached hydrogens (tertiary/aromatic N) is 3. The molecule has 6 nitrogen and oxygen atoms in total. The Bertz CT molecular complexity index is 780. The molecule has 0 aromatic carbocycles. The molecular formula is C21H31N5O. The van der Waals surface area contributed by atoms with Gasteiger partial charge in [0.05, 0.1) is 16.6 Å². The fourth-order valence-corrected chi connectivity index (χ4v) is 4.60. The summed E-state index contributed by atoms with van der Waals surface area (Å²) < 4.78 is 0. The predicted octanol–water partition coefficient (Wildman–Crippen LogP) is 4.04. The van der Waals surface area contributed by atoms with Crippen molar-refractivity contribution in [2.75, 3.05) is 11.9 Å². The molecule has 1 atom stereocenters. The molecule has 2 N–H and O–H groups in total. The summed E-state index contributed by atoms with van der Waals surface area (Å²) in [4.78, 5) is 19.3. The monoisotopic (exact) mass is 369 g/mol. The average molecular weight is 370 g/mol. The third kappa shape index (κ3) is 4.09. The minimum absolute atomic E-state index is 0.254. The minimum atomic E-state index is 0.254. The smallest absolute Gasteiger partial charge is 0.223 e. The highest BCUT2D eigenvalue weighted by molar-refractivity contribution is 5.92. The number of aryl methyl sites for hydroxylation is 1. The molecule has 0 spiro atoms. The van der Waals surface area contributed by atoms with Gasteiger partial charge in [-0.25, -0.2) is 4.98 Å². The number of nitrogens with one attached hydrogen (secondary N) is 2. The van der Waals surface area contributed by atoms with E-state index < -0.39 is 0 Å². The van der Waals surface area contributed by atoms with Crippen LogP contribution in [-0.4, -0.2) is 44.6 Å². The van der Waals surface area contributed by atoms with Crippen LogP contribution in [0.1, 0.15) is 70.4 Å². The van der Waals surface area contributed by atoms with Gasteiger partial charge >= 0.3 is 0 Å². The summed E-state index contributed by atoms with van der Waals surface area (Å²) in [5.41, 5.74) is 1.95. The van der Waals surface area contributed by atoms with Gasteiger partial charge < -0.3 is 10.2 Å². The number of hydrogen-bond donors (Lipinski definition) is 2. The third-order valence-corrected chi connectivity index (χ3v) is 6.20. The highest BCUT2D eigenvalue weighted by atomic mass is 16.2. The molecule has 27 heavy (non-hydrogen) atoms. The van der Waals surface area contributed by atoms with E-state index in [1.54, 1.807) is 0 Å². The molecule has 1 saturated carbocycles. The van der Waals surface area contributed by atoms with Crippen LogP contribution in [0, 0.1) is 0 Å². The Morgan fingerprint density at radius 3 is 2.85 bits per heavy atom. The highest BCUT2D eigenvalue weighted by Crippen LogP contribution is 2.28. The standard InChI is InChI=1S/C21H31N5O/c1-15-7-5-6-14-26(15)19(27)11-10-17-20-18(25-24-17)12-13-22-21(20)23-16-8-3-2-4-9-16/h12-13,15-16H,2-11,14H2,1H3,(H,22,23)(H,24,25). The van der Waals surface area contributed by atoms with E-state index in [4.69, 9.17) is 0 Å². The molecule has 2 fully saturated rings. The van der Waals surface area contributed by atoms with Crippen LogP contribution < -0.4 is 5.32 Å². The van der Waals surface area contributed by atoms with Gasteiger partial charge in [0.15, 0.2) is 0 Å². The SMILES string of the molecule is CC1CCCCN1C(=O)CCc1n[nH]c2ccnc(NC3CCCCC3)c12. The van der Waals surface area contributed by atoms with Crippen LogP contribution in [0.15, 0.2) is 12.3 Å². The van der Waals surface area contributed by atoms with Crippen LogP contribution in [0.5, 0.6) is 0 Å². The highest BCUT2D eigenvalue weighted by Gasteiger charge is 2.24. The molecule has 1 aliphatic carbocycles. The van der Waals surface area contributed by atoms with Gasteiger partial charge in [-0.1, -0.05) is 19.3 Å². The zero-order valence-corrected chi connectivity index (χ0v) is 16.3. The summed E-state index contributed by atoms with van der Waals surface area (Å²) in [5.74, 6) is 1.17. The van der Waals surface area contributed by atoms with Crippen molar-refractivity contribution >= 4 is 22.6 Å². The number of amides is 1. The summed E-state index contributed by atoms with van der Waals surface area (Å²) in [6.07, 6.45) is 12.8. The van der Waals surface area contributed by atoms with Crippen molar-refractivity contribution in [3.8, 4) is 0 Å². The maximum Gasteiger partial charge on any atom is 0.223 e. The van der Waals surface area contributed by atoms with E-state index in [1.807, 2.05) is 12.3 Å². The molecule has 1 amide bonds. The largest absolute Gasteiger partial charge is 0.367 e. The quantitative estimate of drug-likeness (QED) is 0.834. The lowest BCUT2D eigenvalue weighted by atomic mass is 9.95. The Labute approximate surface area is 161 Å². The number of fused-ring (bicyclic) bond motifs is 1.